The van der Waals surface area contributed by atoms with Crippen LogP contribution in [0.3, 0.4) is 0 Å². The van der Waals surface area contributed by atoms with Gasteiger partial charge in [0.05, 0.1) is 12.3 Å². The smallest absolute Gasteiger partial charge is 0.363 e. The molecule has 8 heteroatoms. The Hall–Kier alpha value is -2.38. The van der Waals surface area contributed by atoms with Crippen LogP contribution >= 0.6 is 0 Å². The summed E-state index contributed by atoms with van der Waals surface area (Å²) in [6.45, 7) is 6.72. The van der Waals surface area contributed by atoms with Crippen molar-refractivity contribution < 1.29 is 23.9 Å². The van der Waals surface area contributed by atoms with Crippen LogP contribution in [-0.2, 0) is 23.9 Å². The summed E-state index contributed by atoms with van der Waals surface area (Å²) in [6, 6.07) is 1.54. The summed E-state index contributed by atoms with van der Waals surface area (Å²) in [7, 11) is 0. The predicted octanol–water partition coefficient (Wildman–Crippen LogP) is 1.04. The Morgan fingerprint density at radius 3 is 2.62 bits per heavy atom. The van der Waals surface area contributed by atoms with E-state index in [4.69, 9.17) is 9.57 Å². The van der Waals surface area contributed by atoms with Crippen LogP contribution < -0.4 is 0 Å². The molecule has 0 bridgehead atoms. The van der Waals surface area contributed by atoms with E-state index in [1.54, 1.807) is 27.7 Å². The second kappa shape index (κ2) is 7.41. The van der Waals surface area contributed by atoms with Crippen LogP contribution in [0.1, 0.15) is 33.4 Å². The molecule has 1 aromatic heterocycles. The molecule has 0 aliphatic heterocycles. The molecule has 0 atom stereocenters. The van der Waals surface area contributed by atoms with Gasteiger partial charge in [-0.15, -0.1) is 0 Å². The summed E-state index contributed by atoms with van der Waals surface area (Å²) in [5.74, 6) is -1.26. The maximum Gasteiger partial charge on any atom is 0.363 e. The number of H-pyrrole nitrogens is 1. The zero-order valence-corrected chi connectivity index (χ0v) is 12.5. The highest BCUT2D eigenvalue weighted by Gasteiger charge is 2.24. The first-order chi connectivity index (χ1) is 9.83. The Labute approximate surface area is 122 Å². The number of esters is 2. The summed E-state index contributed by atoms with van der Waals surface area (Å²) in [6.07, 6.45) is 1.46. The van der Waals surface area contributed by atoms with Crippen LogP contribution in [0.4, 0.5) is 0 Å². The SMILES string of the molecule is CCOC(=O)CON=C(C(=O)OC(C)(C)C)c1ccn[nH]1. The van der Waals surface area contributed by atoms with E-state index in [0.717, 1.165) is 0 Å². The second-order valence-electron chi connectivity index (χ2n) is 4.99. The van der Waals surface area contributed by atoms with Gasteiger partial charge in [-0.2, -0.15) is 5.10 Å². The van der Waals surface area contributed by atoms with E-state index < -0.39 is 24.1 Å². The quantitative estimate of drug-likeness (QED) is 0.478. The Kier molecular flexibility index (Phi) is 5.89. The normalized spacial score (nSPS) is 11.9. The molecule has 0 radical (unpaired) electrons. The minimum atomic E-state index is -0.685. The van der Waals surface area contributed by atoms with Crippen molar-refractivity contribution in [2.75, 3.05) is 13.2 Å². The van der Waals surface area contributed by atoms with Crippen LogP contribution in [-0.4, -0.2) is 46.7 Å². The van der Waals surface area contributed by atoms with E-state index in [9.17, 15) is 9.59 Å². The van der Waals surface area contributed by atoms with Gasteiger partial charge in [-0.3, -0.25) is 5.10 Å². The van der Waals surface area contributed by atoms with Gasteiger partial charge in [-0.1, -0.05) is 5.16 Å². The van der Waals surface area contributed by atoms with Crippen molar-refractivity contribution in [1.29, 1.82) is 0 Å². The number of aromatic amines is 1. The largest absolute Gasteiger partial charge is 0.463 e. The minimum Gasteiger partial charge on any atom is -0.463 e. The van der Waals surface area contributed by atoms with Gasteiger partial charge in [-0.25, -0.2) is 9.59 Å². The third-order valence-corrected chi connectivity index (χ3v) is 1.99. The maximum absolute atomic E-state index is 12.1. The van der Waals surface area contributed by atoms with Crippen molar-refractivity contribution in [3.05, 3.63) is 18.0 Å². The fourth-order valence-electron chi connectivity index (χ4n) is 1.26. The van der Waals surface area contributed by atoms with E-state index >= 15 is 0 Å². The molecule has 0 saturated carbocycles. The van der Waals surface area contributed by atoms with E-state index in [0.29, 0.717) is 5.69 Å². The Morgan fingerprint density at radius 1 is 1.38 bits per heavy atom. The fraction of sp³-hybridized carbons (Fsp3) is 0.538. The van der Waals surface area contributed by atoms with Gasteiger partial charge in [-0.05, 0) is 33.8 Å². The standard InChI is InChI=1S/C13H19N3O5/c1-5-19-10(17)8-20-16-11(9-6-7-14-15-9)12(18)21-13(2,3)4/h6-7H,5,8H2,1-4H3,(H,14,15). The van der Waals surface area contributed by atoms with Gasteiger partial charge >= 0.3 is 11.9 Å². The molecule has 1 aromatic rings. The molecule has 0 fully saturated rings. The molecule has 21 heavy (non-hydrogen) atoms. The van der Waals surface area contributed by atoms with Crippen molar-refractivity contribution in [1.82, 2.24) is 10.2 Å². The van der Waals surface area contributed by atoms with Crippen LogP contribution in [0.25, 0.3) is 0 Å². The second-order valence-corrected chi connectivity index (χ2v) is 4.99. The first-order valence-corrected chi connectivity index (χ1v) is 6.42. The minimum absolute atomic E-state index is 0.105. The highest BCUT2D eigenvalue weighted by molar-refractivity contribution is 6.42. The van der Waals surface area contributed by atoms with Gasteiger partial charge in [0, 0.05) is 6.20 Å². The number of rotatable bonds is 6. The van der Waals surface area contributed by atoms with Crippen molar-refractivity contribution in [3.8, 4) is 0 Å². The molecule has 116 valence electrons. The zero-order valence-electron chi connectivity index (χ0n) is 12.5. The first-order valence-electron chi connectivity index (χ1n) is 6.42. The number of nitrogens with one attached hydrogen (secondary N) is 1. The molecular formula is C13H19N3O5. The first kappa shape index (κ1) is 16.7. The molecule has 0 aromatic carbocycles. The Bertz CT molecular complexity index is 502. The summed E-state index contributed by atoms with van der Waals surface area (Å²) in [4.78, 5) is 28.1. The van der Waals surface area contributed by atoms with Gasteiger partial charge in [0.25, 0.3) is 0 Å². The van der Waals surface area contributed by atoms with Crippen LogP contribution in [0.5, 0.6) is 0 Å². The lowest BCUT2D eigenvalue weighted by Gasteiger charge is -2.19. The summed E-state index contributed by atoms with van der Waals surface area (Å²) in [5, 5.41) is 9.97. The average Bonchev–Trinajstić information content (AvgIpc) is 2.86. The number of nitrogens with zero attached hydrogens (tertiary/aromatic N) is 2. The molecule has 0 unspecified atom stereocenters. The van der Waals surface area contributed by atoms with Crippen LogP contribution in [0.15, 0.2) is 17.4 Å². The molecule has 1 rings (SSSR count). The third-order valence-electron chi connectivity index (χ3n) is 1.99. The molecule has 0 spiro atoms. The Balaban J connectivity index is 2.79. The van der Waals surface area contributed by atoms with Crippen LogP contribution in [0.2, 0.25) is 0 Å². The average molecular weight is 297 g/mol. The predicted molar refractivity (Wildman–Crippen MR) is 73.6 cm³/mol. The van der Waals surface area contributed by atoms with Gasteiger partial charge in [0.2, 0.25) is 12.3 Å². The zero-order chi connectivity index (χ0) is 15.9. The highest BCUT2D eigenvalue weighted by atomic mass is 16.7. The lowest BCUT2D eigenvalue weighted by atomic mass is 10.2. The lowest BCUT2D eigenvalue weighted by molar-refractivity contribution is -0.150. The third kappa shape index (κ3) is 6.07. The van der Waals surface area contributed by atoms with E-state index in [-0.39, 0.29) is 12.3 Å². The number of hydrogen-bond acceptors (Lipinski definition) is 7. The number of carbonyl (C=O) groups excluding carboxylic acids is 2. The molecule has 0 aliphatic carbocycles. The fourth-order valence-corrected chi connectivity index (χ4v) is 1.26. The topological polar surface area (TPSA) is 103 Å². The number of hydrogen-bond donors (Lipinski definition) is 1. The molecular weight excluding hydrogens is 278 g/mol. The van der Waals surface area contributed by atoms with Crippen molar-refractivity contribution in [3.63, 3.8) is 0 Å². The number of oxime groups is 1. The van der Waals surface area contributed by atoms with Gasteiger partial charge in [0.15, 0.2) is 0 Å². The molecule has 0 saturated heterocycles. The van der Waals surface area contributed by atoms with Crippen LogP contribution in [0, 0.1) is 0 Å². The van der Waals surface area contributed by atoms with Gasteiger partial charge in [0.1, 0.15) is 5.60 Å². The Morgan fingerprint density at radius 2 is 2.10 bits per heavy atom. The molecule has 0 aliphatic rings. The monoisotopic (exact) mass is 297 g/mol. The molecule has 0 amide bonds. The number of ether oxygens (including phenoxy) is 2. The number of carbonyl (C=O) groups is 2. The van der Waals surface area contributed by atoms with Crippen molar-refractivity contribution in [2.45, 2.75) is 33.3 Å². The lowest BCUT2D eigenvalue weighted by Crippen LogP contribution is -2.30. The van der Waals surface area contributed by atoms with Crippen molar-refractivity contribution in [2.24, 2.45) is 5.16 Å². The van der Waals surface area contributed by atoms with Crippen molar-refractivity contribution >= 4 is 17.7 Å². The molecule has 1 N–H and O–H groups in total. The highest BCUT2D eigenvalue weighted by Crippen LogP contribution is 2.10. The van der Waals surface area contributed by atoms with E-state index in [1.165, 1.54) is 12.3 Å². The summed E-state index contributed by atoms with van der Waals surface area (Å²) in [5.41, 5.74) is -0.459. The van der Waals surface area contributed by atoms with E-state index in [1.807, 2.05) is 0 Å². The summed E-state index contributed by atoms with van der Waals surface area (Å²) >= 11 is 0. The van der Waals surface area contributed by atoms with Gasteiger partial charge < -0.3 is 14.3 Å². The van der Waals surface area contributed by atoms with E-state index in [2.05, 4.69) is 20.1 Å². The summed E-state index contributed by atoms with van der Waals surface area (Å²) < 4.78 is 9.90. The molecule has 8 nitrogen and oxygen atoms in total. The molecule has 1 heterocycles. The maximum atomic E-state index is 12.1. The number of aromatic nitrogens is 2.